The predicted molar refractivity (Wildman–Crippen MR) is 73.6 cm³/mol. The SMILES string of the molecule is CC.CC.CC.CC(=O)NCc1cccnn1. The fourth-order valence-corrected chi connectivity index (χ4v) is 0.643. The molecule has 0 radical (unpaired) electrons. The number of nitrogens with one attached hydrogen (secondary N) is 1. The summed E-state index contributed by atoms with van der Waals surface area (Å²) in [6.07, 6.45) is 1.59. The first-order chi connectivity index (χ1) is 8.29. The predicted octanol–water partition coefficient (Wildman–Crippen LogP) is 3.19. The van der Waals surface area contributed by atoms with E-state index in [2.05, 4.69) is 15.5 Å². The molecule has 0 spiro atoms. The Morgan fingerprint density at radius 2 is 1.71 bits per heavy atom. The third kappa shape index (κ3) is 17.2. The second-order valence-electron chi connectivity index (χ2n) is 2.12. The summed E-state index contributed by atoms with van der Waals surface area (Å²) in [5.41, 5.74) is 0.766. The third-order valence-corrected chi connectivity index (χ3v) is 1.15. The highest BCUT2D eigenvalue weighted by molar-refractivity contribution is 5.72. The largest absolute Gasteiger partial charge is 0.351 e. The summed E-state index contributed by atoms with van der Waals surface area (Å²) < 4.78 is 0. The molecular weight excluding hydrogens is 214 g/mol. The molecule has 1 aromatic heterocycles. The van der Waals surface area contributed by atoms with Crippen molar-refractivity contribution in [3.63, 3.8) is 0 Å². The minimum absolute atomic E-state index is 0.0596. The molecule has 0 aliphatic rings. The Morgan fingerprint density at radius 1 is 1.18 bits per heavy atom. The summed E-state index contributed by atoms with van der Waals surface area (Å²) in [7, 11) is 0. The van der Waals surface area contributed by atoms with Gasteiger partial charge in [-0.05, 0) is 12.1 Å². The molecule has 17 heavy (non-hydrogen) atoms. The van der Waals surface area contributed by atoms with Gasteiger partial charge in [0.1, 0.15) is 0 Å². The minimum atomic E-state index is -0.0596. The van der Waals surface area contributed by atoms with Crippen LogP contribution in [0.25, 0.3) is 0 Å². The van der Waals surface area contributed by atoms with Gasteiger partial charge in [-0.15, -0.1) is 0 Å². The van der Waals surface area contributed by atoms with Gasteiger partial charge in [-0.2, -0.15) is 10.2 Å². The van der Waals surface area contributed by atoms with Crippen LogP contribution in [0.5, 0.6) is 0 Å². The van der Waals surface area contributed by atoms with Crippen molar-refractivity contribution in [3.05, 3.63) is 24.0 Å². The van der Waals surface area contributed by atoms with Gasteiger partial charge in [0.25, 0.3) is 0 Å². The maximum Gasteiger partial charge on any atom is 0.217 e. The van der Waals surface area contributed by atoms with Crippen LogP contribution in [0, 0.1) is 0 Å². The fraction of sp³-hybridized carbons (Fsp3) is 0.615. The normalized spacial score (nSPS) is 7.00. The Bertz CT molecular complexity index is 238. The molecule has 0 saturated carbocycles. The zero-order valence-corrected chi connectivity index (χ0v) is 12.2. The molecular formula is C13H27N3O. The van der Waals surface area contributed by atoms with E-state index < -0.39 is 0 Å². The molecule has 1 heterocycles. The molecule has 0 fully saturated rings. The number of carbonyl (C=O) groups excluding carboxylic acids is 1. The van der Waals surface area contributed by atoms with Crippen LogP contribution in [0.3, 0.4) is 0 Å². The highest BCUT2D eigenvalue weighted by atomic mass is 16.1. The Morgan fingerprint density at radius 3 is 2.06 bits per heavy atom. The Kier molecular flexibility index (Phi) is 24.6. The Labute approximate surface area is 106 Å². The zero-order valence-electron chi connectivity index (χ0n) is 12.2. The van der Waals surface area contributed by atoms with Crippen LogP contribution in [-0.4, -0.2) is 16.1 Å². The number of rotatable bonds is 2. The molecule has 4 heteroatoms. The lowest BCUT2D eigenvalue weighted by Gasteiger charge is -1.98. The monoisotopic (exact) mass is 241 g/mol. The summed E-state index contributed by atoms with van der Waals surface area (Å²) in [5.74, 6) is -0.0596. The van der Waals surface area contributed by atoms with Gasteiger partial charge in [-0.3, -0.25) is 4.79 Å². The number of amides is 1. The molecule has 0 unspecified atom stereocenters. The number of aromatic nitrogens is 2. The molecule has 0 aromatic carbocycles. The molecule has 0 saturated heterocycles. The van der Waals surface area contributed by atoms with E-state index in [1.165, 1.54) is 6.92 Å². The zero-order chi connectivity index (χ0) is 14.1. The Balaban J connectivity index is -0.000000285. The van der Waals surface area contributed by atoms with Crippen molar-refractivity contribution >= 4 is 5.91 Å². The van der Waals surface area contributed by atoms with Crippen molar-refractivity contribution in [1.82, 2.24) is 15.5 Å². The van der Waals surface area contributed by atoms with E-state index in [4.69, 9.17) is 0 Å². The second-order valence-corrected chi connectivity index (χ2v) is 2.12. The van der Waals surface area contributed by atoms with Crippen LogP contribution < -0.4 is 5.32 Å². The first-order valence-electron chi connectivity index (χ1n) is 6.30. The fourth-order valence-electron chi connectivity index (χ4n) is 0.643. The molecule has 4 nitrogen and oxygen atoms in total. The van der Waals surface area contributed by atoms with Crippen molar-refractivity contribution in [2.45, 2.75) is 55.0 Å². The standard InChI is InChI=1S/C7H9N3O.3C2H6/c1-6(11)8-5-7-3-2-4-9-10-7;3*1-2/h2-4H,5H2,1H3,(H,8,11);3*1-2H3. The van der Waals surface area contributed by atoms with Crippen LogP contribution in [-0.2, 0) is 11.3 Å². The van der Waals surface area contributed by atoms with E-state index in [9.17, 15) is 4.79 Å². The number of nitrogens with zero attached hydrogens (tertiary/aromatic N) is 2. The van der Waals surface area contributed by atoms with E-state index in [0.29, 0.717) is 6.54 Å². The van der Waals surface area contributed by atoms with Crippen LogP contribution in [0.2, 0.25) is 0 Å². The molecule has 0 aliphatic carbocycles. The number of hydrogen-bond acceptors (Lipinski definition) is 3. The molecule has 100 valence electrons. The van der Waals surface area contributed by atoms with Crippen LogP contribution in [0.4, 0.5) is 0 Å². The van der Waals surface area contributed by atoms with E-state index in [1.54, 1.807) is 12.3 Å². The van der Waals surface area contributed by atoms with Gasteiger partial charge in [0.05, 0.1) is 12.2 Å². The molecule has 1 amide bonds. The lowest BCUT2D eigenvalue weighted by molar-refractivity contribution is -0.119. The lowest BCUT2D eigenvalue weighted by atomic mass is 10.4. The van der Waals surface area contributed by atoms with Crippen molar-refractivity contribution in [1.29, 1.82) is 0 Å². The summed E-state index contributed by atoms with van der Waals surface area (Å²) in [5, 5.41) is 10.1. The van der Waals surface area contributed by atoms with Crippen LogP contribution >= 0.6 is 0 Å². The van der Waals surface area contributed by atoms with E-state index in [-0.39, 0.29) is 5.91 Å². The highest BCUT2D eigenvalue weighted by Crippen LogP contribution is 1.88. The molecule has 1 aromatic rings. The summed E-state index contributed by atoms with van der Waals surface area (Å²) >= 11 is 0. The van der Waals surface area contributed by atoms with Gasteiger partial charge in [0.15, 0.2) is 0 Å². The average Bonchev–Trinajstić information content (AvgIpc) is 2.44. The molecule has 1 N–H and O–H groups in total. The quantitative estimate of drug-likeness (QED) is 0.865. The minimum Gasteiger partial charge on any atom is -0.351 e. The van der Waals surface area contributed by atoms with Crippen LogP contribution in [0.15, 0.2) is 18.3 Å². The van der Waals surface area contributed by atoms with Gasteiger partial charge in [-0.1, -0.05) is 41.5 Å². The smallest absolute Gasteiger partial charge is 0.217 e. The summed E-state index contributed by atoms with van der Waals surface area (Å²) in [6, 6.07) is 3.59. The maximum atomic E-state index is 10.5. The van der Waals surface area contributed by atoms with Crippen LogP contribution in [0.1, 0.15) is 54.2 Å². The van der Waals surface area contributed by atoms with Gasteiger partial charge in [0, 0.05) is 13.1 Å². The topological polar surface area (TPSA) is 54.9 Å². The molecule has 0 aliphatic heterocycles. The number of hydrogen-bond donors (Lipinski definition) is 1. The van der Waals surface area contributed by atoms with Crippen molar-refractivity contribution in [2.75, 3.05) is 0 Å². The molecule has 0 bridgehead atoms. The first kappa shape index (κ1) is 20.9. The summed E-state index contributed by atoms with van der Waals surface area (Å²) in [6.45, 7) is 13.9. The van der Waals surface area contributed by atoms with Crippen molar-refractivity contribution in [3.8, 4) is 0 Å². The van der Waals surface area contributed by atoms with E-state index in [0.717, 1.165) is 5.69 Å². The van der Waals surface area contributed by atoms with E-state index in [1.807, 2.05) is 47.6 Å². The number of carbonyl (C=O) groups is 1. The van der Waals surface area contributed by atoms with Crippen molar-refractivity contribution in [2.24, 2.45) is 0 Å². The van der Waals surface area contributed by atoms with Gasteiger partial charge in [-0.25, -0.2) is 0 Å². The highest BCUT2D eigenvalue weighted by Gasteiger charge is 1.93. The second kappa shape index (κ2) is 20.0. The van der Waals surface area contributed by atoms with Gasteiger partial charge >= 0.3 is 0 Å². The molecule has 1 rings (SSSR count). The molecule has 0 atom stereocenters. The third-order valence-electron chi connectivity index (χ3n) is 1.15. The Hall–Kier alpha value is -1.45. The summed E-state index contributed by atoms with van der Waals surface area (Å²) in [4.78, 5) is 10.5. The average molecular weight is 241 g/mol. The lowest BCUT2D eigenvalue weighted by Crippen LogP contribution is -2.19. The van der Waals surface area contributed by atoms with Gasteiger partial charge in [0.2, 0.25) is 5.91 Å². The van der Waals surface area contributed by atoms with Gasteiger partial charge < -0.3 is 5.32 Å². The maximum absolute atomic E-state index is 10.5. The van der Waals surface area contributed by atoms with Crippen molar-refractivity contribution < 1.29 is 4.79 Å². The first-order valence-corrected chi connectivity index (χ1v) is 6.30. The van der Waals surface area contributed by atoms with E-state index >= 15 is 0 Å².